The van der Waals surface area contributed by atoms with Gasteiger partial charge in [0.1, 0.15) is 5.75 Å². The molecule has 1 spiro atoms. The lowest BCUT2D eigenvalue weighted by molar-refractivity contribution is -0.150. The van der Waals surface area contributed by atoms with Crippen molar-refractivity contribution in [2.24, 2.45) is 5.92 Å². The van der Waals surface area contributed by atoms with Crippen LogP contribution in [0.25, 0.3) is 0 Å². The molecule has 5 atom stereocenters. The van der Waals surface area contributed by atoms with E-state index in [0.717, 1.165) is 36.9 Å². The molecule has 0 radical (unpaired) electrons. The van der Waals surface area contributed by atoms with Crippen LogP contribution < -0.4 is 14.5 Å². The third-order valence-electron chi connectivity index (χ3n) is 10.4. The smallest absolute Gasteiger partial charge is 0.264 e. The van der Waals surface area contributed by atoms with Gasteiger partial charge in [-0.3, -0.25) is 14.4 Å². The number of amides is 3. The van der Waals surface area contributed by atoms with Crippen molar-refractivity contribution in [1.29, 1.82) is 0 Å². The van der Waals surface area contributed by atoms with Crippen LogP contribution in [0.3, 0.4) is 0 Å². The molecule has 6 rings (SSSR count). The van der Waals surface area contributed by atoms with Crippen molar-refractivity contribution >= 4 is 37.5 Å². The summed E-state index contributed by atoms with van der Waals surface area (Å²) in [5, 5.41) is 9.82. The number of likely N-dealkylation sites (tertiary alicyclic amines) is 1. The molecule has 11 heteroatoms. The summed E-state index contributed by atoms with van der Waals surface area (Å²) in [6, 6.07) is 12.9. The van der Waals surface area contributed by atoms with Gasteiger partial charge in [0.05, 0.1) is 44.5 Å². The highest BCUT2D eigenvalue weighted by molar-refractivity contribution is 6.72. The number of fused-ring (bicyclic) bond motifs is 2. The molecule has 4 aliphatic heterocycles. The van der Waals surface area contributed by atoms with Crippen molar-refractivity contribution in [2.75, 3.05) is 36.6 Å². The van der Waals surface area contributed by atoms with E-state index in [9.17, 15) is 19.5 Å². The van der Waals surface area contributed by atoms with Gasteiger partial charge in [-0.15, -0.1) is 0 Å². The maximum absolute atomic E-state index is 16.2. The number of carbonyl (C=O) groups excluding carboxylic acids is 3. The number of nitrogens with zero attached hydrogens (tertiary/aromatic N) is 3. The lowest BCUT2D eigenvalue weighted by atomic mass is 9.82. The van der Waals surface area contributed by atoms with E-state index in [1.54, 1.807) is 36.1 Å². The molecule has 4 aliphatic rings. The number of anilines is 2. The number of hydrogen-bond donors (Lipinski definition) is 1. The largest absolute Gasteiger partial charge is 0.497 e. The van der Waals surface area contributed by atoms with Crippen LogP contribution in [0, 0.1) is 5.92 Å². The lowest BCUT2D eigenvalue weighted by Crippen LogP contribution is -2.45. The highest BCUT2D eigenvalue weighted by Gasteiger charge is 2.67. The summed E-state index contributed by atoms with van der Waals surface area (Å²) >= 11 is 0. The molecule has 9 nitrogen and oxygen atoms in total. The first-order valence-corrected chi connectivity index (χ1v) is 19.1. The summed E-state index contributed by atoms with van der Waals surface area (Å²) in [4.78, 5) is 45.9. The normalized spacial score (nSPS) is 28.4. The number of aliphatic hydroxyl groups excluding tert-OH is 1. The second-order valence-electron chi connectivity index (χ2n) is 13.5. The molecule has 0 unspecified atom stereocenters. The molecule has 3 saturated heterocycles. The van der Waals surface area contributed by atoms with E-state index in [1.165, 1.54) is 0 Å². The number of ether oxygens (including phenoxy) is 2. The Labute approximate surface area is 265 Å². The van der Waals surface area contributed by atoms with Gasteiger partial charge in [-0.2, -0.15) is 0 Å². The fraction of sp³-hybridized carbons (Fsp3) is 0.559. The number of hydrogen-bond acceptors (Lipinski definition) is 6. The average molecular weight is 638 g/mol. The first kappa shape index (κ1) is 31.7. The Balaban J connectivity index is 1.33. The number of rotatable bonds is 8. The Morgan fingerprint density at radius 2 is 1.87 bits per heavy atom. The van der Waals surface area contributed by atoms with Gasteiger partial charge in [-0.25, -0.2) is 0 Å². The molecule has 0 aliphatic carbocycles. The van der Waals surface area contributed by atoms with E-state index in [0.29, 0.717) is 36.5 Å². The SMILES string of the molecule is COc1ccc2c(c1)[C@]1(O[C@@H](CC(=O)N3CCC[C@H]3CO)[C@H]([Si](C)(C)F)[C@H]1C)C(=O)N2Cc1ccc(N2CCCCC2=O)cc1. The van der Waals surface area contributed by atoms with Crippen LogP contribution in [0.1, 0.15) is 56.6 Å². The molecule has 2 aromatic carbocycles. The number of carbonyl (C=O) groups is 3. The van der Waals surface area contributed by atoms with Gasteiger partial charge >= 0.3 is 0 Å². The fourth-order valence-electron chi connectivity index (χ4n) is 8.20. The van der Waals surface area contributed by atoms with Crippen molar-refractivity contribution < 1.29 is 33.1 Å². The zero-order chi connectivity index (χ0) is 32.1. The molecule has 4 heterocycles. The average Bonchev–Trinajstić information content (AvgIpc) is 3.68. The summed E-state index contributed by atoms with van der Waals surface area (Å²) in [6.07, 6.45) is 3.15. The maximum atomic E-state index is 16.2. The monoisotopic (exact) mass is 637 g/mol. The standard InChI is InChI=1S/C34H44FN3O6Si/c1-22-32(45(3,4)35)29(19-31(41)37-17-7-8-25(37)21-39)44-34(22)27-18-26(43-2)14-15-28(27)38(33(34)42)20-23-10-12-24(13-11-23)36-16-6-5-9-30(36)40/h10-15,18,22,25,29,32,39H,5-9,16-17,19-21H2,1-4H3/t22-,25+,29+,32-,34+/m1/s1. The molecule has 1 N–H and O–H groups in total. The molecular formula is C34H44FN3O6Si. The predicted octanol–water partition coefficient (Wildman–Crippen LogP) is 4.91. The zero-order valence-corrected chi connectivity index (χ0v) is 27.6. The number of aliphatic hydroxyl groups is 1. The third-order valence-corrected chi connectivity index (χ3v) is 12.8. The number of methoxy groups -OCH3 is 1. The summed E-state index contributed by atoms with van der Waals surface area (Å²) in [5.74, 6) is -0.306. The number of benzene rings is 2. The Morgan fingerprint density at radius 1 is 1.11 bits per heavy atom. The van der Waals surface area contributed by atoms with Gasteiger partial charge in [0.2, 0.25) is 20.2 Å². The molecule has 0 saturated carbocycles. The summed E-state index contributed by atoms with van der Waals surface area (Å²) in [6.45, 7) is 6.53. The minimum atomic E-state index is -3.45. The number of piperidine rings is 1. The van der Waals surface area contributed by atoms with E-state index in [4.69, 9.17) is 9.47 Å². The van der Waals surface area contributed by atoms with Gasteiger partial charge in [-0.1, -0.05) is 19.1 Å². The second-order valence-corrected chi connectivity index (χ2v) is 17.3. The maximum Gasteiger partial charge on any atom is 0.264 e. The molecule has 0 bridgehead atoms. The van der Waals surface area contributed by atoms with Crippen LogP contribution in [-0.2, 0) is 31.3 Å². The Kier molecular flexibility index (Phi) is 8.55. The molecule has 2 aromatic rings. The topological polar surface area (TPSA) is 99.6 Å². The molecule has 242 valence electrons. The van der Waals surface area contributed by atoms with Crippen LogP contribution in [0.2, 0.25) is 18.6 Å². The minimum absolute atomic E-state index is 0.0448. The predicted molar refractivity (Wildman–Crippen MR) is 171 cm³/mol. The van der Waals surface area contributed by atoms with E-state index < -0.39 is 31.6 Å². The molecule has 3 amide bonds. The van der Waals surface area contributed by atoms with E-state index >= 15 is 4.11 Å². The van der Waals surface area contributed by atoms with Gasteiger partial charge in [-0.05, 0) is 74.7 Å². The molecule has 3 fully saturated rings. The van der Waals surface area contributed by atoms with Crippen LogP contribution >= 0.6 is 0 Å². The summed E-state index contributed by atoms with van der Waals surface area (Å²) < 4.78 is 28.6. The highest BCUT2D eigenvalue weighted by atomic mass is 28.4. The number of halogens is 1. The summed E-state index contributed by atoms with van der Waals surface area (Å²) in [5.41, 5.74) is 0.943. The summed E-state index contributed by atoms with van der Waals surface area (Å²) in [7, 11) is -1.89. The van der Waals surface area contributed by atoms with Gasteiger partial charge in [0.15, 0.2) is 5.60 Å². The van der Waals surface area contributed by atoms with Crippen molar-refractivity contribution in [1.82, 2.24) is 4.90 Å². The van der Waals surface area contributed by atoms with E-state index in [-0.39, 0.29) is 43.3 Å². The quantitative estimate of drug-likeness (QED) is 0.327. The lowest BCUT2D eigenvalue weighted by Gasteiger charge is -2.31. The third kappa shape index (κ3) is 5.46. The molecular weight excluding hydrogens is 593 g/mol. The van der Waals surface area contributed by atoms with Crippen LogP contribution in [-0.4, -0.2) is 75.1 Å². The zero-order valence-electron chi connectivity index (χ0n) is 26.6. The Morgan fingerprint density at radius 3 is 2.53 bits per heavy atom. The van der Waals surface area contributed by atoms with Crippen LogP contribution in [0.15, 0.2) is 42.5 Å². The van der Waals surface area contributed by atoms with Crippen molar-refractivity contribution in [3.8, 4) is 5.75 Å². The van der Waals surface area contributed by atoms with Crippen molar-refractivity contribution in [2.45, 2.75) is 88.4 Å². The van der Waals surface area contributed by atoms with Crippen LogP contribution in [0.4, 0.5) is 15.5 Å². The molecule has 45 heavy (non-hydrogen) atoms. The first-order valence-electron chi connectivity index (χ1n) is 16.2. The Hall–Kier alpha value is -3.28. The fourth-order valence-corrected chi connectivity index (χ4v) is 10.7. The van der Waals surface area contributed by atoms with E-state index in [1.807, 2.05) is 48.2 Å². The van der Waals surface area contributed by atoms with Gasteiger partial charge in [0, 0.05) is 42.2 Å². The van der Waals surface area contributed by atoms with Crippen molar-refractivity contribution in [3.63, 3.8) is 0 Å². The van der Waals surface area contributed by atoms with Gasteiger partial charge in [0.25, 0.3) is 5.91 Å². The van der Waals surface area contributed by atoms with Crippen molar-refractivity contribution in [3.05, 3.63) is 53.6 Å². The van der Waals surface area contributed by atoms with Crippen LogP contribution in [0.5, 0.6) is 5.75 Å². The highest BCUT2D eigenvalue weighted by Crippen LogP contribution is 2.60. The van der Waals surface area contributed by atoms with Gasteiger partial charge < -0.3 is 33.4 Å². The second kappa shape index (κ2) is 12.1. The minimum Gasteiger partial charge on any atom is -0.497 e. The van der Waals surface area contributed by atoms with E-state index in [2.05, 4.69) is 0 Å². The first-order chi connectivity index (χ1) is 21.5. The molecule has 0 aromatic heterocycles. The Bertz CT molecular complexity index is 1460.